The van der Waals surface area contributed by atoms with E-state index in [2.05, 4.69) is 52.5 Å². The molecule has 0 aliphatic heterocycles. The molecule has 1 aliphatic rings. The van der Waals surface area contributed by atoms with Gasteiger partial charge in [-0.2, -0.15) is 0 Å². The number of benzene rings is 2. The number of aromatic amines is 1. The van der Waals surface area contributed by atoms with Gasteiger partial charge in [-0.25, -0.2) is 9.78 Å². The molecular formula is C62H90N12O16. The number of carboxylic acids is 3. The number of aromatic nitrogens is 2. The zero-order chi connectivity index (χ0) is 66.8. The van der Waals surface area contributed by atoms with Crippen molar-refractivity contribution in [3.63, 3.8) is 0 Å². The monoisotopic (exact) mass is 1260 g/mol. The van der Waals surface area contributed by atoms with Crippen molar-refractivity contribution >= 4 is 71.1 Å². The second kappa shape index (κ2) is 36.6. The molecule has 4 rings (SSSR count). The second-order valence-electron chi connectivity index (χ2n) is 23.4. The van der Waals surface area contributed by atoms with E-state index in [-0.39, 0.29) is 37.5 Å². The Morgan fingerprint density at radius 3 is 1.63 bits per heavy atom. The van der Waals surface area contributed by atoms with Gasteiger partial charge in [0.2, 0.25) is 53.2 Å². The topological polar surface area (TPSA) is 440 Å². The van der Waals surface area contributed by atoms with Crippen LogP contribution in [0.25, 0.3) is 0 Å². The number of nitrogens with two attached hydrogens (primary N) is 1. The number of carbonyl (C=O) groups is 12. The normalized spacial score (nSPS) is 16.1. The van der Waals surface area contributed by atoms with Crippen molar-refractivity contribution in [1.82, 2.24) is 57.4 Å². The van der Waals surface area contributed by atoms with Crippen LogP contribution in [-0.2, 0) is 64.0 Å². The first-order valence-corrected chi connectivity index (χ1v) is 30.5. The first-order chi connectivity index (χ1) is 42.7. The van der Waals surface area contributed by atoms with Crippen molar-refractivity contribution in [2.75, 3.05) is 13.7 Å². The highest BCUT2D eigenvalue weighted by molar-refractivity contribution is 5.99. The van der Waals surface area contributed by atoms with Crippen molar-refractivity contribution in [3.05, 3.63) is 90.0 Å². The van der Waals surface area contributed by atoms with Crippen LogP contribution in [0, 0.1) is 17.8 Å². The molecule has 0 bridgehead atoms. The number of nitrogens with one attached hydrogen (secondary N) is 9. The summed E-state index contributed by atoms with van der Waals surface area (Å²) in [6, 6.07) is 2.65. The first-order valence-electron chi connectivity index (χ1n) is 30.5. The van der Waals surface area contributed by atoms with E-state index < -0.39 is 169 Å². The smallest absolute Gasteiger partial charge is 0.326 e. The molecule has 28 nitrogen and oxygen atoms in total. The molecule has 1 fully saturated rings. The molecule has 1 aromatic heterocycles. The van der Waals surface area contributed by atoms with Crippen LogP contribution in [-0.4, -0.2) is 180 Å². The third kappa shape index (κ3) is 23.0. The average molecular weight is 1260 g/mol. The lowest BCUT2D eigenvalue weighted by Crippen LogP contribution is -2.62. The Bertz CT molecular complexity index is 2850. The van der Waals surface area contributed by atoms with Gasteiger partial charge < -0.3 is 78.6 Å². The molecule has 0 spiro atoms. The molecule has 9 amide bonds. The average Bonchev–Trinajstić information content (AvgIpc) is 1.06. The molecule has 1 aliphatic carbocycles. The Kier molecular flexibility index (Phi) is 30.0. The van der Waals surface area contributed by atoms with Crippen molar-refractivity contribution in [1.29, 1.82) is 0 Å². The number of hydrogen-bond donors (Lipinski definition) is 14. The van der Waals surface area contributed by atoms with Gasteiger partial charge in [0, 0.05) is 37.7 Å². The van der Waals surface area contributed by atoms with E-state index in [0.29, 0.717) is 23.2 Å². The molecule has 0 saturated heterocycles. The highest BCUT2D eigenvalue weighted by Gasteiger charge is 2.40. The van der Waals surface area contributed by atoms with Gasteiger partial charge in [0.25, 0.3) is 0 Å². The number of amides is 9. The fourth-order valence-electron chi connectivity index (χ4n) is 10.5. The second-order valence-corrected chi connectivity index (χ2v) is 23.4. The van der Waals surface area contributed by atoms with Crippen molar-refractivity contribution in [2.45, 2.75) is 191 Å². The van der Waals surface area contributed by atoms with Crippen LogP contribution in [0.1, 0.15) is 141 Å². The van der Waals surface area contributed by atoms with E-state index in [1.54, 1.807) is 95.3 Å². The van der Waals surface area contributed by atoms with Crippen molar-refractivity contribution < 1.29 is 78.0 Å². The summed E-state index contributed by atoms with van der Waals surface area (Å²) < 4.78 is 0. The fraction of sp³-hybridized carbons (Fsp3) is 0.565. The van der Waals surface area contributed by atoms with E-state index in [1.807, 2.05) is 0 Å². The lowest BCUT2D eigenvalue weighted by Gasteiger charge is -2.34. The number of carbonyl (C=O) groups excluding carboxylic acids is 9. The summed E-state index contributed by atoms with van der Waals surface area (Å²) in [5, 5.41) is 59.9. The van der Waals surface area contributed by atoms with E-state index in [4.69, 9.17) is 5.73 Å². The van der Waals surface area contributed by atoms with Crippen LogP contribution in [0.5, 0.6) is 0 Å². The minimum atomic E-state index is -1.67. The van der Waals surface area contributed by atoms with Crippen LogP contribution in [0.3, 0.4) is 0 Å². The standard InChI is InChI=1S/C62H90N12O16/c1-8-35(5)51(72-60(87)52(50(38-21-15-11-16-22-38)39-23-17-12-18-24-39)73-55(82)43(25-26-48(76)77)67-54(81)41(63)30-49(78)79)59(86)69-44(28-37-19-13-10-14-20-37)56(83)66-42(9-2)61(88)74(7)36(6)53(80)71-47(32-75)58(85)68-45(29-40-31-64-33-65-40)57(84)70-46(62(89)90)27-34(3)4/h11-12,15-18,21-24,31,33-37,41-47,50-52,75H,8-10,13-14,19-20,25-30,32,63H2,1-7H3,(H,64,65)(H,66,83)(H,67,81)(H,68,85)(H,69,86)(H,70,84)(H,71,80)(H,72,87)(H,73,82)(H,76,77)(H,78,79)(H,89,90)/t35-,36-,41-,42-,43-,44-,45-,46-,47-,51-,52-/m0/s1. The summed E-state index contributed by atoms with van der Waals surface area (Å²) in [5.41, 5.74) is 7.26. The van der Waals surface area contributed by atoms with Crippen molar-refractivity contribution in [2.24, 2.45) is 23.5 Å². The largest absolute Gasteiger partial charge is 0.481 e. The summed E-state index contributed by atoms with van der Waals surface area (Å²) in [6.07, 6.45) is 5.26. The lowest BCUT2D eigenvalue weighted by molar-refractivity contribution is -0.143. The van der Waals surface area contributed by atoms with Crippen LogP contribution >= 0.6 is 0 Å². The van der Waals surface area contributed by atoms with E-state index in [9.17, 15) is 73.2 Å². The summed E-state index contributed by atoms with van der Waals surface area (Å²) in [6.45, 7) is 9.00. The predicted molar refractivity (Wildman–Crippen MR) is 327 cm³/mol. The third-order valence-corrected chi connectivity index (χ3v) is 16.0. The van der Waals surface area contributed by atoms with Crippen LogP contribution in [0.15, 0.2) is 73.2 Å². The molecule has 1 heterocycles. The van der Waals surface area contributed by atoms with Gasteiger partial charge in [-0.3, -0.25) is 52.7 Å². The van der Waals surface area contributed by atoms with Gasteiger partial charge in [-0.1, -0.05) is 134 Å². The number of likely N-dealkylation sites (N-methyl/N-ethyl adjacent to an activating group) is 1. The van der Waals surface area contributed by atoms with Crippen LogP contribution < -0.4 is 48.3 Å². The molecule has 0 radical (unpaired) electrons. The van der Waals surface area contributed by atoms with Crippen molar-refractivity contribution in [3.8, 4) is 0 Å². The fourth-order valence-corrected chi connectivity index (χ4v) is 10.5. The Morgan fingerprint density at radius 1 is 0.600 bits per heavy atom. The van der Waals surface area contributed by atoms with Crippen LogP contribution in [0.2, 0.25) is 0 Å². The molecule has 28 heteroatoms. The molecule has 1 saturated carbocycles. The molecule has 494 valence electrons. The maximum absolute atomic E-state index is 15.2. The first kappa shape index (κ1) is 73.7. The number of hydrogen-bond acceptors (Lipinski definition) is 15. The van der Waals surface area contributed by atoms with Crippen LogP contribution in [0.4, 0.5) is 0 Å². The molecule has 3 aromatic rings. The van der Waals surface area contributed by atoms with Gasteiger partial charge in [-0.15, -0.1) is 0 Å². The maximum Gasteiger partial charge on any atom is 0.326 e. The summed E-state index contributed by atoms with van der Waals surface area (Å²) in [4.78, 5) is 171. The Hall–Kier alpha value is -8.79. The zero-order valence-corrected chi connectivity index (χ0v) is 52.1. The van der Waals surface area contributed by atoms with Gasteiger partial charge in [-0.05, 0) is 61.5 Å². The molecule has 15 N–H and O–H groups in total. The number of aliphatic carboxylic acids is 3. The van der Waals surface area contributed by atoms with E-state index >= 15 is 4.79 Å². The van der Waals surface area contributed by atoms with E-state index in [0.717, 1.165) is 37.0 Å². The van der Waals surface area contributed by atoms with Gasteiger partial charge in [0.15, 0.2) is 0 Å². The summed E-state index contributed by atoms with van der Waals surface area (Å²) in [5.74, 6) is -13.9. The number of aliphatic hydroxyl groups is 1. The highest BCUT2D eigenvalue weighted by Crippen LogP contribution is 2.30. The Morgan fingerprint density at radius 2 is 1.11 bits per heavy atom. The number of nitrogens with zero attached hydrogens (tertiary/aromatic N) is 2. The van der Waals surface area contributed by atoms with Gasteiger partial charge >= 0.3 is 17.9 Å². The number of H-pyrrole nitrogens is 1. The SMILES string of the molecule is CC[C@H](NC(=O)[C@H](CC1CCCCC1)NC(=O)[C@@H](NC(=O)[C@@H](NC(=O)[C@H](CCC(=O)O)NC(=O)[C@@H](N)CC(=O)O)C(c1ccccc1)c1ccccc1)[C@@H](C)CC)C(=O)N(C)[C@@H](C)C(=O)N[C@@H](CO)C(=O)N[C@@H](Cc1cnc[nH]1)C(=O)N[C@@H](CC(C)C)C(=O)O. The van der Waals surface area contributed by atoms with Gasteiger partial charge in [0.1, 0.15) is 54.4 Å². The number of carboxylic acid groups (broad SMARTS) is 3. The minimum absolute atomic E-state index is 0.00660. The number of rotatable bonds is 37. The molecule has 90 heavy (non-hydrogen) atoms. The number of imidazole rings is 1. The predicted octanol–water partition coefficient (Wildman–Crippen LogP) is 0.726. The summed E-state index contributed by atoms with van der Waals surface area (Å²) >= 11 is 0. The molecule has 11 atom stereocenters. The maximum atomic E-state index is 15.2. The molecular weight excluding hydrogens is 1170 g/mol. The zero-order valence-electron chi connectivity index (χ0n) is 52.1. The summed E-state index contributed by atoms with van der Waals surface area (Å²) in [7, 11) is 1.29. The Balaban J connectivity index is 1.61. The highest BCUT2D eigenvalue weighted by atomic mass is 16.4. The molecule has 2 aromatic carbocycles. The Labute approximate surface area is 523 Å². The van der Waals surface area contributed by atoms with Gasteiger partial charge in [0.05, 0.1) is 25.4 Å². The number of aliphatic hydroxyl groups excluding tert-OH is 1. The van der Waals surface area contributed by atoms with E-state index in [1.165, 1.54) is 26.5 Å². The quantitative estimate of drug-likeness (QED) is 0.0378. The third-order valence-electron chi connectivity index (χ3n) is 16.0. The molecule has 0 unspecified atom stereocenters. The minimum Gasteiger partial charge on any atom is -0.481 e. The lowest BCUT2D eigenvalue weighted by atomic mass is 9.83.